The first kappa shape index (κ1) is 16.0. The van der Waals surface area contributed by atoms with Crippen molar-refractivity contribution < 1.29 is 5.11 Å². The first-order valence-electron chi connectivity index (χ1n) is 7.55. The maximum absolute atomic E-state index is 10.1. The van der Waals surface area contributed by atoms with Crippen molar-refractivity contribution in [3.63, 3.8) is 0 Å². The van der Waals surface area contributed by atoms with E-state index in [-0.39, 0.29) is 0 Å². The molecule has 1 atom stereocenters. The predicted molar refractivity (Wildman–Crippen MR) is 81.0 cm³/mol. The fourth-order valence-electron chi connectivity index (χ4n) is 2.32. The van der Waals surface area contributed by atoms with E-state index in [1.165, 1.54) is 38.5 Å². The largest absolute Gasteiger partial charge is 0.388 e. The molecule has 19 heavy (non-hydrogen) atoms. The van der Waals surface area contributed by atoms with Crippen LogP contribution < -0.4 is 5.73 Å². The van der Waals surface area contributed by atoms with E-state index < -0.39 is 6.10 Å². The zero-order valence-corrected chi connectivity index (χ0v) is 12.4. The summed E-state index contributed by atoms with van der Waals surface area (Å²) in [7, 11) is 0. The zero-order valence-electron chi connectivity index (χ0n) is 12.4. The number of nitrogens with two attached hydrogens (primary N) is 1. The molecule has 0 amide bonds. The molecule has 0 aliphatic rings. The van der Waals surface area contributed by atoms with Crippen LogP contribution in [-0.4, -0.2) is 10.1 Å². The van der Waals surface area contributed by atoms with E-state index >= 15 is 0 Å². The van der Waals surface area contributed by atoms with E-state index in [2.05, 4.69) is 11.9 Å². The van der Waals surface area contributed by atoms with E-state index in [0.29, 0.717) is 5.82 Å². The Bertz CT molecular complexity index is 366. The highest BCUT2D eigenvalue weighted by Crippen LogP contribution is 2.24. The van der Waals surface area contributed by atoms with Gasteiger partial charge in [0.2, 0.25) is 0 Å². The van der Waals surface area contributed by atoms with Crippen molar-refractivity contribution in [2.75, 3.05) is 5.73 Å². The van der Waals surface area contributed by atoms with Gasteiger partial charge < -0.3 is 10.8 Å². The molecular formula is C16H28N2O. The summed E-state index contributed by atoms with van der Waals surface area (Å²) in [5.74, 6) is 0.459. The fourth-order valence-corrected chi connectivity index (χ4v) is 2.32. The molecule has 1 heterocycles. The summed E-state index contributed by atoms with van der Waals surface area (Å²) >= 11 is 0. The van der Waals surface area contributed by atoms with Gasteiger partial charge in [-0.05, 0) is 25.0 Å². The van der Waals surface area contributed by atoms with Gasteiger partial charge in [0.25, 0.3) is 0 Å². The molecule has 0 aliphatic heterocycles. The van der Waals surface area contributed by atoms with E-state index in [9.17, 15) is 5.11 Å². The van der Waals surface area contributed by atoms with Crippen molar-refractivity contribution in [1.82, 2.24) is 4.98 Å². The smallest absolute Gasteiger partial charge is 0.129 e. The number of anilines is 1. The summed E-state index contributed by atoms with van der Waals surface area (Å²) in [6.45, 7) is 4.20. The van der Waals surface area contributed by atoms with Crippen LogP contribution in [0.2, 0.25) is 0 Å². The number of aliphatic hydroxyl groups is 1. The highest BCUT2D eigenvalue weighted by atomic mass is 16.3. The molecule has 108 valence electrons. The van der Waals surface area contributed by atoms with Gasteiger partial charge in [0.15, 0.2) is 0 Å². The Balaban J connectivity index is 2.23. The Labute approximate surface area is 117 Å². The zero-order chi connectivity index (χ0) is 14.1. The van der Waals surface area contributed by atoms with Gasteiger partial charge >= 0.3 is 0 Å². The van der Waals surface area contributed by atoms with Crippen LogP contribution in [0.25, 0.3) is 0 Å². The van der Waals surface area contributed by atoms with E-state index in [1.54, 1.807) is 6.20 Å². The molecule has 1 aromatic rings. The van der Waals surface area contributed by atoms with Crippen LogP contribution >= 0.6 is 0 Å². The second kappa shape index (κ2) is 8.92. The Kier molecular flexibility index (Phi) is 7.49. The Morgan fingerprint density at radius 1 is 1.16 bits per heavy atom. The minimum Gasteiger partial charge on any atom is -0.388 e. The van der Waals surface area contributed by atoms with E-state index in [0.717, 1.165) is 24.0 Å². The fraction of sp³-hybridized carbons (Fsp3) is 0.688. The van der Waals surface area contributed by atoms with Gasteiger partial charge in [-0.25, -0.2) is 4.98 Å². The van der Waals surface area contributed by atoms with Crippen LogP contribution in [0.1, 0.15) is 75.5 Å². The van der Waals surface area contributed by atoms with Gasteiger partial charge in [-0.15, -0.1) is 0 Å². The van der Waals surface area contributed by atoms with Gasteiger partial charge in [-0.3, -0.25) is 0 Å². The molecule has 0 aliphatic carbocycles. The van der Waals surface area contributed by atoms with Crippen LogP contribution in [0.3, 0.4) is 0 Å². The summed E-state index contributed by atoms with van der Waals surface area (Å²) in [5, 5.41) is 10.1. The lowest BCUT2D eigenvalue weighted by Crippen LogP contribution is -2.04. The summed E-state index contributed by atoms with van der Waals surface area (Å²) in [4.78, 5) is 4.10. The molecule has 0 spiro atoms. The Morgan fingerprint density at radius 3 is 2.47 bits per heavy atom. The van der Waals surface area contributed by atoms with E-state index in [4.69, 9.17) is 5.73 Å². The number of hydrogen-bond donors (Lipinski definition) is 2. The van der Waals surface area contributed by atoms with Crippen LogP contribution in [-0.2, 0) is 0 Å². The highest BCUT2D eigenvalue weighted by Gasteiger charge is 2.11. The molecule has 1 unspecified atom stereocenters. The summed E-state index contributed by atoms with van der Waals surface area (Å²) in [6.07, 6.45) is 10.9. The molecule has 0 fully saturated rings. The molecule has 3 N–H and O–H groups in total. The number of aryl methyl sites for hydroxylation is 1. The third-order valence-corrected chi connectivity index (χ3v) is 3.53. The minimum atomic E-state index is -0.469. The van der Waals surface area contributed by atoms with Crippen molar-refractivity contribution >= 4 is 5.82 Å². The first-order valence-corrected chi connectivity index (χ1v) is 7.55. The second-order valence-electron chi connectivity index (χ2n) is 5.41. The van der Waals surface area contributed by atoms with Crippen molar-refractivity contribution in [1.29, 1.82) is 0 Å². The maximum Gasteiger partial charge on any atom is 0.129 e. The van der Waals surface area contributed by atoms with Gasteiger partial charge in [-0.2, -0.15) is 0 Å². The molecule has 0 saturated carbocycles. The predicted octanol–water partition coefficient (Wildman–Crippen LogP) is 4.15. The standard InChI is InChI=1S/C16H28N2O/c1-3-4-5-6-7-8-9-10-15(19)14-11-13(2)12-18-16(14)17/h11-12,15,19H,3-10H2,1-2H3,(H2,17,18). The SMILES string of the molecule is CCCCCCCCCC(O)c1cc(C)cnc1N. The molecule has 3 nitrogen and oxygen atoms in total. The highest BCUT2D eigenvalue weighted by molar-refractivity contribution is 5.42. The Morgan fingerprint density at radius 2 is 1.79 bits per heavy atom. The van der Waals surface area contributed by atoms with Crippen LogP contribution in [0.5, 0.6) is 0 Å². The third kappa shape index (κ3) is 6.06. The van der Waals surface area contributed by atoms with Gasteiger partial charge in [0.05, 0.1) is 6.10 Å². The molecule has 3 heteroatoms. The molecule has 0 saturated heterocycles. The molecule has 1 rings (SSSR count). The average Bonchev–Trinajstić information content (AvgIpc) is 2.40. The van der Waals surface area contributed by atoms with Gasteiger partial charge in [-0.1, -0.05) is 51.9 Å². The minimum absolute atomic E-state index is 0.459. The average molecular weight is 264 g/mol. The molecule has 0 radical (unpaired) electrons. The number of aromatic nitrogens is 1. The number of rotatable bonds is 9. The lowest BCUT2D eigenvalue weighted by Gasteiger charge is -2.13. The summed E-state index contributed by atoms with van der Waals surface area (Å²) in [6, 6.07) is 1.94. The number of unbranched alkanes of at least 4 members (excludes halogenated alkanes) is 6. The van der Waals surface area contributed by atoms with Crippen LogP contribution in [0.15, 0.2) is 12.3 Å². The molecule has 0 aromatic carbocycles. The number of aliphatic hydroxyl groups excluding tert-OH is 1. The monoisotopic (exact) mass is 264 g/mol. The third-order valence-electron chi connectivity index (χ3n) is 3.53. The Hall–Kier alpha value is -1.09. The van der Waals surface area contributed by atoms with Crippen LogP contribution in [0.4, 0.5) is 5.82 Å². The van der Waals surface area contributed by atoms with Crippen molar-refractivity contribution in [3.05, 3.63) is 23.4 Å². The van der Waals surface area contributed by atoms with Crippen molar-refractivity contribution in [3.8, 4) is 0 Å². The van der Waals surface area contributed by atoms with Gasteiger partial charge in [0.1, 0.15) is 5.82 Å². The quantitative estimate of drug-likeness (QED) is 0.659. The number of nitrogen functional groups attached to an aromatic ring is 1. The van der Waals surface area contributed by atoms with Crippen molar-refractivity contribution in [2.45, 2.75) is 71.3 Å². The van der Waals surface area contributed by atoms with E-state index in [1.807, 2.05) is 13.0 Å². The van der Waals surface area contributed by atoms with Crippen LogP contribution in [0, 0.1) is 6.92 Å². The molecule has 0 bridgehead atoms. The van der Waals surface area contributed by atoms with Crippen molar-refractivity contribution in [2.24, 2.45) is 0 Å². The molecule has 1 aromatic heterocycles. The normalized spacial score (nSPS) is 12.6. The maximum atomic E-state index is 10.1. The summed E-state index contributed by atoms with van der Waals surface area (Å²) in [5.41, 5.74) is 7.63. The molecular weight excluding hydrogens is 236 g/mol. The van der Waals surface area contributed by atoms with Gasteiger partial charge in [0, 0.05) is 11.8 Å². The lowest BCUT2D eigenvalue weighted by molar-refractivity contribution is 0.163. The second-order valence-corrected chi connectivity index (χ2v) is 5.41. The lowest BCUT2D eigenvalue weighted by atomic mass is 10.0. The topological polar surface area (TPSA) is 59.1 Å². The number of nitrogens with zero attached hydrogens (tertiary/aromatic N) is 1. The number of hydrogen-bond acceptors (Lipinski definition) is 3. The summed E-state index contributed by atoms with van der Waals surface area (Å²) < 4.78 is 0. The number of pyridine rings is 1. The first-order chi connectivity index (χ1) is 9.15.